The highest BCUT2D eigenvalue weighted by Gasteiger charge is 2.32. The van der Waals surface area contributed by atoms with Crippen LogP contribution in [0.15, 0.2) is 18.2 Å². The summed E-state index contributed by atoms with van der Waals surface area (Å²) in [6, 6.07) is 4.53. The predicted molar refractivity (Wildman–Crippen MR) is 75.9 cm³/mol. The van der Waals surface area contributed by atoms with Crippen LogP contribution >= 0.6 is 0 Å². The second-order valence-electron chi connectivity index (χ2n) is 4.73. The fourth-order valence-electron chi connectivity index (χ4n) is 2.54. The minimum Gasteiger partial charge on any atom is -0.357 e. The minimum absolute atomic E-state index is 0.0424. The van der Waals surface area contributed by atoms with Crippen molar-refractivity contribution in [1.82, 2.24) is 10.6 Å². The second kappa shape index (κ2) is 5.87. The van der Waals surface area contributed by atoms with Gasteiger partial charge in [-0.3, -0.25) is 14.9 Å². The molecule has 2 N–H and O–H groups in total. The lowest BCUT2D eigenvalue weighted by Gasteiger charge is -2.37. The topological polar surface area (TPSA) is 87.5 Å². The normalized spacial score (nSPS) is 18.7. The van der Waals surface area contributed by atoms with Crippen molar-refractivity contribution >= 4 is 17.3 Å². The Kier molecular flexibility index (Phi) is 4.19. The molecular formula is C13H18N4O3. The third kappa shape index (κ3) is 2.57. The molecule has 0 aromatic heterocycles. The van der Waals surface area contributed by atoms with E-state index in [0.29, 0.717) is 25.3 Å². The van der Waals surface area contributed by atoms with Crippen LogP contribution in [0.2, 0.25) is 0 Å². The highest BCUT2D eigenvalue weighted by molar-refractivity contribution is 5.87. The molecule has 1 atom stereocenters. The average molecular weight is 278 g/mol. The molecule has 1 aliphatic rings. The van der Waals surface area contributed by atoms with Crippen LogP contribution < -0.4 is 15.5 Å². The number of hydrogen-bond donors (Lipinski definition) is 2. The number of nitrogens with zero attached hydrogens (tertiary/aromatic N) is 2. The number of carbonyl (C=O) groups excluding carboxylic acids is 1. The van der Waals surface area contributed by atoms with Gasteiger partial charge in [0.2, 0.25) is 5.91 Å². The first-order valence-electron chi connectivity index (χ1n) is 6.49. The molecule has 7 heteroatoms. The SMILES string of the molecule is CNC(=O)C1CNCCN1c1c(C)cccc1[N+](=O)[O-]. The van der Waals surface area contributed by atoms with Gasteiger partial charge in [0.05, 0.1) is 4.92 Å². The van der Waals surface area contributed by atoms with Crippen LogP contribution in [0.1, 0.15) is 5.56 Å². The van der Waals surface area contributed by atoms with Crippen molar-refractivity contribution in [2.75, 3.05) is 31.6 Å². The Bertz CT molecular complexity index is 532. The molecule has 0 aliphatic carbocycles. The number of piperazine rings is 1. The molecule has 108 valence electrons. The smallest absolute Gasteiger partial charge is 0.292 e. The van der Waals surface area contributed by atoms with Crippen molar-refractivity contribution < 1.29 is 9.72 Å². The standard InChI is InChI=1S/C13H18N4O3/c1-9-4-3-5-10(17(19)20)12(9)16-7-6-15-8-11(16)13(18)14-2/h3-5,11,15H,6-8H2,1-2H3,(H,14,18). The summed E-state index contributed by atoms with van der Waals surface area (Å²) in [6.45, 7) is 3.55. The van der Waals surface area contributed by atoms with E-state index in [1.807, 2.05) is 17.9 Å². The van der Waals surface area contributed by atoms with Crippen LogP contribution in [0.3, 0.4) is 0 Å². The Morgan fingerprint density at radius 1 is 1.55 bits per heavy atom. The largest absolute Gasteiger partial charge is 0.357 e. The van der Waals surface area contributed by atoms with Crippen molar-refractivity contribution in [1.29, 1.82) is 0 Å². The van der Waals surface area contributed by atoms with Crippen LogP contribution in [-0.2, 0) is 4.79 Å². The lowest BCUT2D eigenvalue weighted by Crippen LogP contribution is -2.58. The van der Waals surface area contributed by atoms with Crippen molar-refractivity contribution in [2.45, 2.75) is 13.0 Å². The van der Waals surface area contributed by atoms with Crippen molar-refractivity contribution in [3.05, 3.63) is 33.9 Å². The minimum atomic E-state index is -0.437. The van der Waals surface area contributed by atoms with Gasteiger partial charge in [0.1, 0.15) is 11.7 Å². The molecule has 1 saturated heterocycles. The van der Waals surface area contributed by atoms with E-state index < -0.39 is 11.0 Å². The molecule has 2 rings (SSSR count). The van der Waals surface area contributed by atoms with E-state index >= 15 is 0 Å². The Balaban J connectivity index is 2.47. The molecule has 0 spiro atoms. The Morgan fingerprint density at radius 3 is 2.95 bits per heavy atom. The molecule has 7 nitrogen and oxygen atoms in total. The summed E-state index contributed by atoms with van der Waals surface area (Å²) in [5.74, 6) is -0.144. The first-order chi connectivity index (χ1) is 9.56. The summed E-state index contributed by atoms with van der Waals surface area (Å²) in [7, 11) is 1.57. The number of carbonyl (C=O) groups is 1. The number of amides is 1. The van der Waals surface area contributed by atoms with Gasteiger partial charge in [-0.05, 0) is 12.5 Å². The number of nitro benzene ring substituents is 1. The van der Waals surface area contributed by atoms with E-state index in [1.165, 1.54) is 6.07 Å². The molecule has 1 aliphatic heterocycles. The van der Waals surface area contributed by atoms with Gasteiger partial charge in [0, 0.05) is 32.7 Å². The Labute approximate surface area is 117 Å². The third-order valence-electron chi connectivity index (χ3n) is 3.49. The molecule has 1 fully saturated rings. The lowest BCUT2D eigenvalue weighted by molar-refractivity contribution is -0.384. The van der Waals surface area contributed by atoms with E-state index in [0.717, 1.165) is 5.56 Å². The monoisotopic (exact) mass is 278 g/mol. The van der Waals surface area contributed by atoms with Crippen molar-refractivity contribution in [3.63, 3.8) is 0 Å². The first kappa shape index (κ1) is 14.3. The summed E-state index contributed by atoms with van der Waals surface area (Å²) in [5.41, 5.74) is 1.38. The van der Waals surface area contributed by atoms with Gasteiger partial charge < -0.3 is 15.5 Å². The number of benzene rings is 1. The molecule has 0 saturated carbocycles. The molecule has 20 heavy (non-hydrogen) atoms. The second-order valence-corrected chi connectivity index (χ2v) is 4.73. The summed E-state index contributed by atoms with van der Waals surface area (Å²) < 4.78 is 0. The number of nitro groups is 1. The lowest BCUT2D eigenvalue weighted by atomic mass is 10.1. The number of para-hydroxylation sites is 1. The Hall–Kier alpha value is -2.15. The summed E-state index contributed by atoms with van der Waals surface area (Å²) in [4.78, 5) is 24.6. The van der Waals surface area contributed by atoms with E-state index in [2.05, 4.69) is 10.6 Å². The van der Waals surface area contributed by atoms with E-state index in [-0.39, 0.29) is 11.6 Å². The Morgan fingerprint density at radius 2 is 2.30 bits per heavy atom. The number of anilines is 1. The number of aryl methyl sites for hydroxylation is 1. The van der Waals surface area contributed by atoms with Gasteiger partial charge in [0.15, 0.2) is 0 Å². The molecule has 1 heterocycles. The predicted octanol–water partition coefficient (Wildman–Crippen LogP) is 0.427. The zero-order valence-electron chi connectivity index (χ0n) is 11.5. The maximum absolute atomic E-state index is 12.0. The maximum Gasteiger partial charge on any atom is 0.292 e. The number of likely N-dealkylation sites (N-methyl/N-ethyl adjacent to an activating group) is 1. The zero-order chi connectivity index (χ0) is 14.7. The molecule has 1 aromatic rings. The summed E-state index contributed by atoms with van der Waals surface area (Å²) in [5, 5.41) is 17.0. The molecule has 0 bridgehead atoms. The fraction of sp³-hybridized carbons (Fsp3) is 0.462. The molecule has 1 aromatic carbocycles. The summed E-state index contributed by atoms with van der Waals surface area (Å²) in [6.07, 6.45) is 0. The van der Waals surface area contributed by atoms with Crippen LogP contribution in [0, 0.1) is 17.0 Å². The van der Waals surface area contributed by atoms with Crippen LogP contribution in [0.25, 0.3) is 0 Å². The van der Waals surface area contributed by atoms with Gasteiger partial charge in [-0.1, -0.05) is 12.1 Å². The van der Waals surface area contributed by atoms with Crippen LogP contribution in [0.5, 0.6) is 0 Å². The van der Waals surface area contributed by atoms with Gasteiger partial charge in [-0.2, -0.15) is 0 Å². The van der Waals surface area contributed by atoms with Crippen molar-refractivity contribution in [3.8, 4) is 0 Å². The van der Waals surface area contributed by atoms with E-state index in [9.17, 15) is 14.9 Å². The van der Waals surface area contributed by atoms with Gasteiger partial charge >= 0.3 is 0 Å². The van der Waals surface area contributed by atoms with Gasteiger partial charge in [-0.25, -0.2) is 0 Å². The van der Waals surface area contributed by atoms with Crippen LogP contribution in [0.4, 0.5) is 11.4 Å². The number of rotatable bonds is 3. The van der Waals surface area contributed by atoms with E-state index in [1.54, 1.807) is 13.1 Å². The molecule has 1 amide bonds. The highest BCUT2D eigenvalue weighted by Crippen LogP contribution is 2.33. The molecule has 1 unspecified atom stereocenters. The first-order valence-corrected chi connectivity index (χ1v) is 6.49. The fourth-order valence-corrected chi connectivity index (χ4v) is 2.54. The number of nitrogens with one attached hydrogen (secondary N) is 2. The molecular weight excluding hydrogens is 260 g/mol. The third-order valence-corrected chi connectivity index (χ3v) is 3.49. The maximum atomic E-state index is 12.0. The molecule has 0 radical (unpaired) electrons. The highest BCUT2D eigenvalue weighted by atomic mass is 16.6. The zero-order valence-corrected chi connectivity index (χ0v) is 11.5. The average Bonchev–Trinajstić information content (AvgIpc) is 2.46. The van der Waals surface area contributed by atoms with Gasteiger partial charge in [0.25, 0.3) is 5.69 Å². The van der Waals surface area contributed by atoms with E-state index in [4.69, 9.17) is 0 Å². The van der Waals surface area contributed by atoms with Crippen molar-refractivity contribution in [2.24, 2.45) is 0 Å². The van der Waals surface area contributed by atoms with Gasteiger partial charge in [-0.15, -0.1) is 0 Å². The number of hydrogen-bond acceptors (Lipinski definition) is 5. The van der Waals surface area contributed by atoms with Crippen LogP contribution in [-0.4, -0.2) is 43.6 Å². The summed E-state index contributed by atoms with van der Waals surface area (Å²) >= 11 is 0. The quantitative estimate of drug-likeness (QED) is 0.618.